The largest absolute Gasteiger partial charge is 0.326 e. The van der Waals surface area contributed by atoms with Crippen molar-refractivity contribution in [2.45, 2.75) is 6.92 Å². The Labute approximate surface area is 115 Å². The molecule has 0 aliphatic carbocycles. The second-order valence-electron chi connectivity index (χ2n) is 4.54. The van der Waals surface area contributed by atoms with Crippen LogP contribution in [0.2, 0.25) is 0 Å². The SMILES string of the molecule is CC1CNCC1C(=O)Nc1ccc(C#N)c(Br)c1. The highest BCUT2D eigenvalue weighted by Crippen LogP contribution is 2.23. The van der Waals surface area contributed by atoms with Crippen molar-refractivity contribution in [1.29, 1.82) is 5.26 Å². The molecule has 0 saturated carbocycles. The van der Waals surface area contributed by atoms with Crippen molar-refractivity contribution in [3.8, 4) is 6.07 Å². The average molecular weight is 308 g/mol. The zero-order chi connectivity index (χ0) is 13.1. The minimum Gasteiger partial charge on any atom is -0.326 e. The Morgan fingerprint density at radius 2 is 2.33 bits per heavy atom. The second kappa shape index (κ2) is 5.51. The molecule has 1 aliphatic heterocycles. The molecule has 0 spiro atoms. The standard InChI is InChI=1S/C13H14BrN3O/c1-8-6-16-7-11(8)13(18)17-10-3-2-9(5-15)12(14)4-10/h2-4,8,11,16H,6-7H2,1H3,(H,17,18). The van der Waals surface area contributed by atoms with Gasteiger partial charge in [-0.1, -0.05) is 6.92 Å². The van der Waals surface area contributed by atoms with Gasteiger partial charge in [0, 0.05) is 16.7 Å². The molecule has 2 rings (SSSR count). The first kappa shape index (κ1) is 13.1. The maximum Gasteiger partial charge on any atom is 0.229 e. The zero-order valence-electron chi connectivity index (χ0n) is 10.0. The minimum absolute atomic E-state index is 0.0134. The van der Waals surface area contributed by atoms with E-state index in [-0.39, 0.29) is 11.8 Å². The van der Waals surface area contributed by atoms with Crippen molar-refractivity contribution in [3.63, 3.8) is 0 Å². The van der Waals surface area contributed by atoms with Crippen LogP contribution >= 0.6 is 15.9 Å². The molecule has 5 heteroatoms. The van der Waals surface area contributed by atoms with E-state index in [1.165, 1.54) is 0 Å². The molecule has 0 aromatic heterocycles. The number of hydrogen-bond acceptors (Lipinski definition) is 3. The number of rotatable bonds is 2. The van der Waals surface area contributed by atoms with Crippen LogP contribution in [0.4, 0.5) is 5.69 Å². The highest BCUT2D eigenvalue weighted by atomic mass is 79.9. The van der Waals surface area contributed by atoms with Crippen molar-refractivity contribution in [1.82, 2.24) is 5.32 Å². The van der Waals surface area contributed by atoms with Gasteiger partial charge in [-0.05, 0) is 46.6 Å². The van der Waals surface area contributed by atoms with Crippen LogP contribution in [-0.4, -0.2) is 19.0 Å². The van der Waals surface area contributed by atoms with Crippen molar-refractivity contribution in [2.75, 3.05) is 18.4 Å². The molecule has 1 heterocycles. The van der Waals surface area contributed by atoms with Gasteiger partial charge in [0.2, 0.25) is 5.91 Å². The van der Waals surface area contributed by atoms with E-state index in [2.05, 4.69) is 39.6 Å². The number of nitrogens with one attached hydrogen (secondary N) is 2. The van der Waals surface area contributed by atoms with E-state index in [9.17, 15) is 4.79 Å². The number of hydrogen-bond donors (Lipinski definition) is 2. The molecule has 4 nitrogen and oxygen atoms in total. The maximum absolute atomic E-state index is 12.1. The topological polar surface area (TPSA) is 64.9 Å². The molecule has 1 saturated heterocycles. The first-order valence-corrected chi connectivity index (χ1v) is 6.62. The third-order valence-electron chi connectivity index (χ3n) is 3.21. The van der Waals surface area contributed by atoms with Crippen LogP contribution in [0.5, 0.6) is 0 Å². The summed E-state index contributed by atoms with van der Waals surface area (Å²) in [5, 5.41) is 14.9. The van der Waals surface area contributed by atoms with Crippen LogP contribution < -0.4 is 10.6 Å². The maximum atomic E-state index is 12.1. The fraction of sp³-hybridized carbons (Fsp3) is 0.385. The van der Waals surface area contributed by atoms with Crippen LogP contribution in [0.1, 0.15) is 12.5 Å². The Balaban J connectivity index is 2.08. The Morgan fingerprint density at radius 1 is 1.56 bits per heavy atom. The van der Waals surface area contributed by atoms with Gasteiger partial charge in [0.15, 0.2) is 0 Å². The molecule has 1 amide bonds. The second-order valence-corrected chi connectivity index (χ2v) is 5.39. The number of carbonyl (C=O) groups excluding carboxylic acids is 1. The lowest BCUT2D eigenvalue weighted by Crippen LogP contribution is -2.27. The number of nitrogens with zero attached hydrogens (tertiary/aromatic N) is 1. The van der Waals surface area contributed by atoms with E-state index in [1.807, 2.05) is 0 Å². The molecular weight excluding hydrogens is 294 g/mol. The fourth-order valence-electron chi connectivity index (χ4n) is 2.08. The lowest BCUT2D eigenvalue weighted by Gasteiger charge is -2.14. The van der Waals surface area contributed by atoms with Crippen LogP contribution in [0.25, 0.3) is 0 Å². The first-order valence-electron chi connectivity index (χ1n) is 5.83. The van der Waals surface area contributed by atoms with Gasteiger partial charge in [-0.2, -0.15) is 5.26 Å². The molecule has 0 bridgehead atoms. The normalized spacial score (nSPS) is 22.5. The third kappa shape index (κ3) is 2.71. The van der Waals surface area contributed by atoms with E-state index in [1.54, 1.807) is 18.2 Å². The van der Waals surface area contributed by atoms with Crippen LogP contribution in [0.15, 0.2) is 22.7 Å². The first-order chi connectivity index (χ1) is 8.61. The minimum atomic E-state index is 0.0134. The number of benzene rings is 1. The van der Waals surface area contributed by atoms with Crippen LogP contribution in [0, 0.1) is 23.2 Å². The van der Waals surface area contributed by atoms with Crippen molar-refractivity contribution in [2.24, 2.45) is 11.8 Å². The molecular formula is C13H14BrN3O. The summed E-state index contributed by atoms with van der Waals surface area (Å²) in [4.78, 5) is 12.1. The van der Waals surface area contributed by atoms with Gasteiger partial charge in [-0.3, -0.25) is 4.79 Å². The summed E-state index contributed by atoms with van der Waals surface area (Å²) in [6.07, 6.45) is 0. The summed E-state index contributed by atoms with van der Waals surface area (Å²) >= 11 is 3.31. The summed E-state index contributed by atoms with van der Waals surface area (Å²) in [5.74, 6) is 0.398. The highest BCUT2D eigenvalue weighted by Gasteiger charge is 2.29. The van der Waals surface area contributed by atoms with E-state index >= 15 is 0 Å². The molecule has 1 aromatic carbocycles. The van der Waals surface area contributed by atoms with Gasteiger partial charge in [0.25, 0.3) is 0 Å². The molecule has 1 aliphatic rings. The van der Waals surface area contributed by atoms with Gasteiger partial charge < -0.3 is 10.6 Å². The highest BCUT2D eigenvalue weighted by molar-refractivity contribution is 9.10. The monoisotopic (exact) mass is 307 g/mol. The number of carbonyl (C=O) groups is 1. The number of halogens is 1. The Hall–Kier alpha value is -1.38. The third-order valence-corrected chi connectivity index (χ3v) is 3.87. The molecule has 1 aromatic rings. The lowest BCUT2D eigenvalue weighted by atomic mass is 9.97. The molecule has 2 N–H and O–H groups in total. The average Bonchev–Trinajstić information content (AvgIpc) is 2.76. The summed E-state index contributed by atoms with van der Waals surface area (Å²) in [6.45, 7) is 3.68. The van der Waals surface area contributed by atoms with Gasteiger partial charge in [-0.15, -0.1) is 0 Å². The molecule has 18 heavy (non-hydrogen) atoms. The number of nitriles is 1. The van der Waals surface area contributed by atoms with Crippen molar-refractivity contribution >= 4 is 27.5 Å². The van der Waals surface area contributed by atoms with Gasteiger partial charge in [0.1, 0.15) is 6.07 Å². The molecule has 2 unspecified atom stereocenters. The van der Waals surface area contributed by atoms with E-state index < -0.39 is 0 Å². The smallest absolute Gasteiger partial charge is 0.229 e. The summed E-state index contributed by atoms with van der Waals surface area (Å²) in [6, 6.07) is 7.26. The molecule has 2 atom stereocenters. The summed E-state index contributed by atoms with van der Waals surface area (Å²) in [7, 11) is 0. The van der Waals surface area contributed by atoms with E-state index in [4.69, 9.17) is 5.26 Å². The molecule has 0 radical (unpaired) electrons. The Morgan fingerprint density at radius 3 is 2.89 bits per heavy atom. The number of amides is 1. The van der Waals surface area contributed by atoms with Gasteiger partial charge in [-0.25, -0.2) is 0 Å². The quantitative estimate of drug-likeness (QED) is 0.879. The van der Waals surface area contributed by atoms with Crippen LogP contribution in [0.3, 0.4) is 0 Å². The number of anilines is 1. The van der Waals surface area contributed by atoms with Crippen molar-refractivity contribution in [3.05, 3.63) is 28.2 Å². The Bertz CT molecular complexity index is 509. The summed E-state index contributed by atoms with van der Waals surface area (Å²) < 4.78 is 0.695. The van der Waals surface area contributed by atoms with Gasteiger partial charge in [0.05, 0.1) is 11.5 Å². The Kier molecular flexibility index (Phi) is 4.00. The predicted molar refractivity (Wildman–Crippen MR) is 73.0 cm³/mol. The fourth-order valence-corrected chi connectivity index (χ4v) is 2.55. The predicted octanol–water partition coefficient (Wildman–Crippen LogP) is 2.11. The van der Waals surface area contributed by atoms with E-state index in [0.717, 1.165) is 13.1 Å². The molecule has 94 valence electrons. The van der Waals surface area contributed by atoms with Gasteiger partial charge >= 0.3 is 0 Å². The van der Waals surface area contributed by atoms with Crippen molar-refractivity contribution < 1.29 is 4.79 Å². The zero-order valence-corrected chi connectivity index (χ0v) is 11.6. The lowest BCUT2D eigenvalue weighted by molar-refractivity contribution is -0.120. The summed E-state index contributed by atoms with van der Waals surface area (Å²) in [5.41, 5.74) is 1.27. The van der Waals surface area contributed by atoms with E-state index in [0.29, 0.717) is 21.6 Å². The molecule has 1 fully saturated rings. The van der Waals surface area contributed by atoms with Crippen LogP contribution in [-0.2, 0) is 4.79 Å².